The summed E-state index contributed by atoms with van der Waals surface area (Å²) in [6.45, 7) is 0.778. The van der Waals surface area contributed by atoms with Crippen LogP contribution >= 0.6 is 0 Å². The molecule has 0 saturated heterocycles. The number of nitrogens with one attached hydrogen (secondary N) is 2. The predicted molar refractivity (Wildman–Crippen MR) is 111 cm³/mol. The highest BCUT2D eigenvalue weighted by atomic mass is 32.2. The van der Waals surface area contributed by atoms with E-state index >= 15 is 0 Å². The zero-order chi connectivity index (χ0) is 21.1. The minimum atomic E-state index is -3.72. The molecule has 2 heterocycles. The molecule has 1 unspecified atom stereocenters. The second kappa shape index (κ2) is 8.29. The molecule has 8 nitrogen and oxygen atoms in total. The lowest BCUT2D eigenvalue weighted by Gasteiger charge is -2.13. The van der Waals surface area contributed by atoms with Crippen molar-refractivity contribution in [2.45, 2.75) is 30.4 Å². The molecule has 2 N–H and O–H groups in total. The SMILES string of the molecule is COc1cccc(S(=O)(=O)NC2Cc3c(C(=O)NCc4ccccc4)cnn3C2)c1. The third kappa shape index (κ3) is 4.22. The van der Waals surface area contributed by atoms with Crippen molar-refractivity contribution in [3.8, 4) is 5.75 Å². The molecule has 30 heavy (non-hydrogen) atoms. The second-order valence-electron chi connectivity index (χ2n) is 7.06. The number of ether oxygens (including phenoxy) is 1. The van der Waals surface area contributed by atoms with Gasteiger partial charge in [-0.05, 0) is 17.7 Å². The number of hydrogen-bond acceptors (Lipinski definition) is 5. The molecule has 0 bridgehead atoms. The van der Waals surface area contributed by atoms with Crippen molar-refractivity contribution in [1.29, 1.82) is 0 Å². The molecule has 1 amide bonds. The molecular formula is C21H22N4O4S. The first-order valence-electron chi connectivity index (χ1n) is 9.49. The molecule has 1 atom stereocenters. The molecule has 3 aromatic rings. The summed E-state index contributed by atoms with van der Waals surface area (Å²) in [7, 11) is -2.24. The van der Waals surface area contributed by atoms with Crippen molar-refractivity contribution >= 4 is 15.9 Å². The van der Waals surface area contributed by atoms with E-state index in [-0.39, 0.29) is 16.8 Å². The van der Waals surface area contributed by atoms with Crippen molar-refractivity contribution in [1.82, 2.24) is 19.8 Å². The zero-order valence-electron chi connectivity index (χ0n) is 16.4. The number of carbonyl (C=O) groups is 1. The van der Waals surface area contributed by atoms with E-state index in [1.807, 2.05) is 30.3 Å². The molecule has 2 aromatic carbocycles. The molecule has 1 aliphatic rings. The number of sulfonamides is 1. The second-order valence-corrected chi connectivity index (χ2v) is 8.77. The number of fused-ring (bicyclic) bond motifs is 1. The molecule has 0 saturated carbocycles. The lowest BCUT2D eigenvalue weighted by molar-refractivity contribution is 0.0950. The van der Waals surface area contributed by atoms with Crippen LogP contribution in [0.4, 0.5) is 0 Å². The smallest absolute Gasteiger partial charge is 0.255 e. The Hall–Kier alpha value is -3.17. The molecule has 0 radical (unpaired) electrons. The zero-order valence-corrected chi connectivity index (χ0v) is 17.2. The maximum atomic E-state index is 12.7. The van der Waals surface area contributed by atoms with E-state index in [0.717, 1.165) is 11.3 Å². The number of methoxy groups -OCH3 is 1. The van der Waals surface area contributed by atoms with E-state index in [4.69, 9.17) is 4.74 Å². The third-order valence-electron chi connectivity index (χ3n) is 5.00. The van der Waals surface area contributed by atoms with Crippen LogP contribution in [0.25, 0.3) is 0 Å². The van der Waals surface area contributed by atoms with E-state index in [2.05, 4.69) is 15.1 Å². The number of aromatic nitrogens is 2. The third-order valence-corrected chi connectivity index (χ3v) is 6.51. The standard InChI is InChI=1S/C21H22N4O4S/c1-29-17-8-5-9-18(11-17)30(27,28)24-16-10-20-19(13-23-25(20)14-16)21(26)22-12-15-6-3-2-4-7-15/h2-9,11,13,16,24H,10,12,14H2,1H3,(H,22,26). The monoisotopic (exact) mass is 426 g/mol. The quantitative estimate of drug-likeness (QED) is 0.599. The number of nitrogens with zero attached hydrogens (tertiary/aromatic N) is 2. The fraction of sp³-hybridized carbons (Fsp3) is 0.238. The van der Waals surface area contributed by atoms with Crippen molar-refractivity contribution in [2.75, 3.05) is 7.11 Å². The molecule has 1 aromatic heterocycles. The van der Waals surface area contributed by atoms with E-state index in [1.165, 1.54) is 25.4 Å². The van der Waals surface area contributed by atoms with Crippen molar-refractivity contribution in [3.63, 3.8) is 0 Å². The van der Waals surface area contributed by atoms with E-state index in [9.17, 15) is 13.2 Å². The Labute approximate surface area is 174 Å². The lowest BCUT2D eigenvalue weighted by Crippen LogP contribution is -2.36. The van der Waals surface area contributed by atoms with Crippen molar-refractivity contribution < 1.29 is 17.9 Å². The van der Waals surface area contributed by atoms with Crippen molar-refractivity contribution in [3.05, 3.63) is 77.6 Å². The number of amides is 1. The van der Waals surface area contributed by atoms with E-state index in [0.29, 0.717) is 30.8 Å². The average molecular weight is 426 g/mol. The van der Waals surface area contributed by atoms with Gasteiger partial charge in [0.2, 0.25) is 10.0 Å². The molecule has 4 rings (SSSR count). The fourth-order valence-corrected chi connectivity index (χ4v) is 4.75. The van der Waals surface area contributed by atoms with Crippen LogP contribution < -0.4 is 14.8 Å². The summed E-state index contributed by atoms with van der Waals surface area (Å²) in [4.78, 5) is 12.7. The van der Waals surface area contributed by atoms with Gasteiger partial charge in [0.1, 0.15) is 5.75 Å². The summed E-state index contributed by atoms with van der Waals surface area (Å²) in [5.41, 5.74) is 2.19. The van der Waals surface area contributed by atoms with Gasteiger partial charge >= 0.3 is 0 Å². The Morgan fingerprint density at radius 2 is 2.00 bits per heavy atom. The van der Waals surface area contributed by atoms with Gasteiger partial charge in [-0.1, -0.05) is 36.4 Å². The van der Waals surface area contributed by atoms with Gasteiger partial charge in [0.05, 0.1) is 36.0 Å². The largest absolute Gasteiger partial charge is 0.497 e. The highest BCUT2D eigenvalue weighted by molar-refractivity contribution is 7.89. The number of hydrogen-bond donors (Lipinski definition) is 2. The van der Waals surface area contributed by atoms with Crippen LogP contribution in [0.15, 0.2) is 65.7 Å². The van der Waals surface area contributed by atoms with Crippen LogP contribution in [-0.4, -0.2) is 37.3 Å². The van der Waals surface area contributed by atoms with Crippen LogP contribution in [0.5, 0.6) is 5.75 Å². The first kappa shape index (κ1) is 20.1. The van der Waals surface area contributed by atoms with Crippen LogP contribution in [0.2, 0.25) is 0 Å². The summed E-state index contributed by atoms with van der Waals surface area (Å²) < 4.78 is 34.9. The Balaban J connectivity index is 1.42. The van der Waals surface area contributed by atoms with Gasteiger partial charge in [0, 0.05) is 25.1 Å². The van der Waals surface area contributed by atoms with Crippen LogP contribution in [-0.2, 0) is 29.5 Å². The maximum Gasteiger partial charge on any atom is 0.255 e. The summed E-state index contributed by atoms with van der Waals surface area (Å²) >= 11 is 0. The molecule has 9 heteroatoms. The predicted octanol–water partition coefficient (Wildman–Crippen LogP) is 1.72. The molecule has 0 spiro atoms. The molecular weight excluding hydrogens is 404 g/mol. The molecule has 0 fully saturated rings. The van der Waals surface area contributed by atoms with Gasteiger partial charge in [-0.3, -0.25) is 9.48 Å². The lowest BCUT2D eigenvalue weighted by atomic mass is 10.1. The number of carbonyl (C=O) groups excluding carboxylic acids is 1. The van der Waals surface area contributed by atoms with Gasteiger partial charge in [-0.15, -0.1) is 0 Å². The topological polar surface area (TPSA) is 102 Å². The van der Waals surface area contributed by atoms with Crippen molar-refractivity contribution in [2.24, 2.45) is 0 Å². The minimum absolute atomic E-state index is 0.132. The van der Waals surface area contributed by atoms with Gasteiger partial charge in [0.25, 0.3) is 5.91 Å². The van der Waals surface area contributed by atoms with Gasteiger partial charge in [0.15, 0.2) is 0 Å². The summed E-state index contributed by atoms with van der Waals surface area (Å²) in [5, 5.41) is 7.14. The normalized spacial score (nSPS) is 15.6. The van der Waals surface area contributed by atoms with E-state index < -0.39 is 10.0 Å². The summed E-state index contributed by atoms with van der Waals surface area (Å²) in [6.07, 6.45) is 1.92. The van der Waals surface area contributed by atoms with Gasteiger partial charge in [-0.25, -0.2) is 13.1 Å². The Bertz CT molecular complexity index is 1160. The van der Waals surface area contributed by atoms with Gasteiger partial charge < -0.3 is 10.1 Å². The molecule has 1 aliphatic heterocycles. The Morgan fingerprint density at radius 1 is 1.20 bits per heavy atom. The Kier molecular flexibility index (Phi) is 5.56. The first-order chi connectivity index (χ1) is 14.5. The fourth-order valence-electron chi connectivity index (χ4n) is 3.49. The maximum absolute atomic E-state index is 12.7. The van der Waals surface area contributed by atoms with Crippen LogP contribution in [0.1, 0.15) is 21.6 Å². The average Bonchev–Trinajstić information content (AvgIpc) is 3.32. The Morgan fingerprint density at radius 3 is 2.77 bits per heavy atom. The highest BCUT2D eigenvalue weighted by Crippen LogP contribution is 2.22. The highest BCUT2D eigenvalue weighted by Gasteiger charge is 2.31. The van der Waals surface area contributed by atoms with Gasteiger partial charge in [-0.2, -0.15) is 5.10 Å². The minimum Gasteiger partial charge on any atom is -0.497 e. The van der Waals surface area contributed by atoms with E-state index in [1.54, 1.807) is 16.8 Å². The summed E-state index contributed by atoms with van der Waals surface area (Å²) in [6, 6.07) is 15.5. The first-order valence-corrected chi connectivity index (χ1v) is 11.0. The summed E-state index contributed by atoms with van der Waals surface area (Å²) in [5.74, 6) is 0.242. The van der Waals surface area contributed by atoms with Crippen LogP contribution in [0, 0.1) is 0 Å². The molecule has 156 valence electrons. The van der Waals surface area contributed by atoms with Crippen LogP contribution in [0.3, 0.4) is 0 Å². The number of rotatable bonds is 7. The number of benzene rings is 2. The molecule has 0 aliphatic carbocycles.